The maximum absolute atomic E-state index is 13.8. The zero-order chi connectivity index (χ0) is 80.6. The van der Waals surface area contributed by atoms with Gasteiger partial charge in [0, 0.05) is 165 Å². The Kier molecular flexibility index (Phi) is 24.9. The molecule has 592 valence electrons. The molecule has 0 spiro atoms. The Bertz CT molecular complexity index is 6040. The predicted octanol–water partition coefficient (Wildman–Crippen LogP) is 25.1. The summed E-state index contributed by atoms with van der Waals surface area (Å²) < 4.78 is 22.1. The van der Waals surface area contributed by atoms with E-state index < -0.39 is 0 Å². The molecule has 116 heavy (non-hydrogen) atoms. The summed E-state index contributed by atoms with van der Waals surface area (Å²) in [5, 5.41) is 24.1. The maximum atomic E-state index is 13.8. The van der Waals surface area contributed by atoms with Crippen molar-refractivity contribution in [3.63, 3.8) is 0 Å². The van der Waals surface area contributed by atoms with Gasteiger partial charge in [-0.3, -0.25) is 4.90 Å². The monoisotopic (exact) mass is 1850 g/mol. The number of aromatic amines is 5. The molecule has 5 atom stereocenters. The number of amides is 3. The van der Waals surface area contributed by atoms with Crippen molar-refractivity contribution in [3.8, 4) is 0 Å². The van der Waals surface area contributed by atoms with Crippen LogP contribution in [0.25, 0.3) is 54.5 Å². The lowest BCUT2D eigenvalue weighted by Gasteiger charge is -2.36. The minimum absolute atomic E-state index is 0.0551. The van der Waals surface area contributed by atoms with Gasteiger partial charge in [0.1, 0.15) is 11.9 Å². The molecule has 10 heterocycles. The number of halogens is 10. The highest BCUT2D eigenvalue weighted by Gasteiger charge is 2.38. The SMILES string of the molecule is CC(C)NC(=O)N1CCc2c([nH]c3ccc(Br)cc23)C1c1cccc(Cl)c1.CCOC(=O)N1CCc2c([nH]c3ccc(F)cc23)C1c1ccc(Br)cc1.Clc1ccc2[nH]c3c(c2c1)CCNC3c1cccc(Br)c1.Clc1ccc2[nH]c3c(c2c1)CCNC3c1ccccc1Cl.Clc1cccc(C2NCCc3c2[nH]c2ccc(Cl)cc32)c1. The molecule has 0 bridgehead atoms. The summed E-state index contributed by atoms with van der Waals surface area (Å²) >= 11 is 47.8. The number of ether oxygens (including phenoxy) is 1. The molecule has 0 radical (unpaired) electrons. The Morgan fingerprint density at radius 3 is 1.36 bits per heavy atom. The fourth-order valence-corrected chi connectivity index (χ4v) is 19.2. The predicted molar refractivity (Wildman–Crippen MR) is 483 cm³/mol. The number of carbonyl (C=O) groups is 2. The number of carbonyl (C=O) groups excluding carboxylic acids is 2. The molecule has 24 heteroatoms. The molecule has 9 N–H and O–H groups in total. The van der Waals surface area contributed by atoms with E-state index in [0.717, 1.165) is 150 Å². The van der Waals surface area contributed by atoms with Gasteiger partial charge >= 0.3 is 12.1 Å². The summed E-state index contributed by atoms with van der Waals surface area (Å²) in [6.07, 6.45) is 4.17. The summed E-state index contributed by atoms with van der Waals surface area (Å²) in [5.74, 6) is -0.257. The van der Waals surface area contributed by atoms with E-state index in [0.29, 0.717) is 31.1 Å². The number of hydrogen-bond donors (Lipinski definition) is 9. The molecule has 3 amide bonds. The molecule has 0 fully saturated rings. The van der Waals surface area contributed by atoms with Crippen LogP contribution in [0.2, 0.25) is 30.1 Å². The van der Waals surface area contributed by atoms with Crippen molar-refractivity contribution in [2.45, 2.75) is 89.1 Å². The number of hydrogen-bond acceptors (Lipinski definition) is 6. The van der Waals surface area contributed by atoms with Crippen LogP contribution < -0.4 is 21.3 Å². The van der Waals surface area contributed by atoms with E-state index >= 15 is 0 Å². The van der Waals surface area contributed by atoms with Crippen LogP contribution in [0.1, 0.15) is 135 Å². The van der Waals surface area contributed by atoms with Crippen LogP contribution in [0, 0.1) is 5.82 Å². The molecular formula is C92H81Br3Cl6FN11O3. The molecule has 14 nitrogen and oxygen atoms in total. The Morgan fingerprint density at radius 1 is 0.422 bits per heavy atom. The second-order valence-corrected chi connectivity index (χ2v) is 35.0. The number of fused-ring (bicyclic) bond motifs is 15. The molecule has 0 aliphatic carbocycles. The third-order valence-electron chi connectivity index (χ3n) is 22.0. The smallest absolute Gasteiger partial charge is 0.410 e. The topological polar surface area (TPSA) is 177 Å². The van der Waals surface area contributed by atoms with E-state index in [9.17, 15) is 14.0 Å². The number of benzene rings is 10. The number of aromatic nitrogens is 5. The van der Waals surface area contributed by atoms with E-state index in [1.807, 2.05) is 152 Å². The van der Waals surface area contributed by atoms with Crippen molar-refractivity contribution < 1.29 is 18.7 Å². The largest absolute Gasteiger partial charge is 0.450 e. The van der Waals surface area contributed by atoms with Gasteiger partial charge in [0.2, 0.25) is 0 Å². The van der Waals surface area contributed by atoms with Crippen molar-refractivity contribution in [2.24, 2.45) is 0 Å². The second kappa shape index (κ2) is 35.5. The van der Waals surface area contributed by atoms with Crippen LogP contribution in [-0.2, 0) is 36.8 Å². The minimum Gasteiger partial charge on any atom is -0.450 e. The Hall–Kier alpha value is -8.57. The highest BCUT2D eigenvalue weighted by atomic mass is 79.9. The number of nitrogens with one attached hydrogen (secondary N) is 9. The van der Waals surface area contributed by atoms with Crippen molar-refractivity contribution in [3.05, 3.63) is 346 Å². The Balaban J connectivity index is 0.000000109. The van der Waals surface area contributed by atoms with Crippen molar-refractivity contribution in [1.29, 1.82) is 0 Å². The van der Waals surface area contributed by atoms with Crippen LogP contribution in [-0.4, -0.2) is 92.2 Å². The first-order valence-electron chi connectivity index (χ1n) is 38.7. The lowest BCUT2D eigenvalue weighted by Crippen LogP contribution is -2.47. The van der Waals surface area contributed by atoms with Crippen LogP contribution in [0.5, 0.6) is 0 Å². The summed E-state index contributed by atoms with van der Waals surface area (Å²) in [6, 6.07) is 69.2. The fourth-order valence-electron chi connectivity index (χ4n) is 17.0. The average Bonchev–Trinajstić information content (AvgIpc) is 1.62. The standard InChI is InChI=1S/C21H21BrClN3O.C20H18BrFN2O2.C17H14BrClN2.2C17H14Cl2N2/c1-12(2)24-21(27)26-9-8-16-17-11-14(22)6-7-18(17)25-19(16)20(26)13-4-3-5-15(23)10-13;1-2-26-20(25)24-10-9-15-16-11-14(22)7-8-17(16)23-18(15)19(24)12-3-5-13(21)6-4-12;2*18-11-3-1-2-10(8-11)16-17-13(6-7-20-16)14-9-12(19)4-5-15(14)21-17;18-10-5-6-15-13(9-10)11-7-8-20-16(17(11)21-15)12-3-1-2-4-14(12)19/h3-7,10-12,20,25H,8-9H2,1-2H3,(H,24,27);3-8,11,19,23H,2,9-10H2,1H3;2*1-5,8-9,16,20-21H,6-7H2;1-6,9,16,20-21H,7-8H2. The molecular weight excluding hydrogens is 1780 g/mol. The van der Waals surface area contributed by atoms with Crippen LogP contribution in [0.15, 0.2) is 226 Å². The van der Waals surface area contributed by atoms with Gasteiger partial charge in [-0.2, -0.15) is 0 Å². The van der Waals surface area contributed by atoms with Crippen molar-refractivity contribution in [1.82, 2.24) is 56.0 Å². The summed E-state index contributed by atoms with van der Waals surface area (Å²) in [4.78, 5) is 46.7. The molecule has 0 saturated carbocycles. The molecule has 5 unspecified atom stereocenters. The molecule has 5 aliphatic heterocycles. The number of H-pyrrole nitrogens is 5. The van der Waals surface area contributed by atoms with Crippen LogP contribution >= 0.6 is 117 Å². The van der Waals surface area contributed by atoms with Gasteiger partial charge in [-0.25, -0.2) is 14.0 Å². The van der Waals surface area contributed by atoms with Gasteiger partial charge in [-0.15, -0.1) is 0 Å². The molecule has 5 aromatic heterocycles. The average molecular weight is 1860 g/mol. The van der Waals surface area contributed by atoms with E-state index in [-0.39, 0.29) is 54.2 Å². The molecule has 15 aromatic rings. The lowest BCUT2D eigenvalue weighted by atomic mass is 9.92. The highest BCUT2D eigenvalue weighted by molar-refractivity contribution is 9.11. The first kappa shape index (κ1) is 81.2. The zero-order valence-corrected chi connectivity index (χ0v) is 72.6. The first-order valence-corrected chi connectivity index (χ1v) is 43.3. The minimum atomic E-state index is -0.337. The fraction of sp³-hybridized carbons (Fsp3) is 0.217. The van der Waals surface area contributed by atoms with Gasteiger partial charge in [-0.1, -0.05) is 184 Å². The van der Waals surface area contributed by atoms with Gasteiger partial charge < -0.3 is 55.8 Å². The van der Waals surface area contributed by atoms with E-state index in [1.165, 1.54) is 78.1 Å². The van der Waals surface area contributed by atoms with Crippen molar-refractivity contribution in [2.75, 3.05) is 39.3 Å². The zero-order valence-electron chi connectivity index (χ0n) is 63.3. The summed E-state index contributed by atoms with van der Waals surface area (Å²) in [6.45, 7) is 10.1. The quantitative estimate of drug-likeness (QED) is 0.0767. The van der Waals surface area contributed by atoms with Gasteiger partial charge in [-0.05, 0) is 254 Å². The van der Waals surface area contributed by atoms with Gasteiger partial charge in [0.25, 0.3) is 0 Å². The lowest BCUT2D eigenvalue weighted by molar-refractivity contribution is 0.0932. The van der Waals surface area contributed by atoms with Crippen LogP contribution in [0.3, 0.4) is 0 Å². The maximum Gasteiger partial charge on any atom is 0.410 e. The van der Waals surface area contributed by atoms with Crippen molar-refractivity contribution >= 4 is 184 Å². The highest BCUT2D eigenvalue weighted by Crippen LogP contribution is 2.44. The number of urea groups is 1. The number of nitrogens with zero attached hydrogens (tertiary/aromatic N) is 2. The molecule has 0 saturated heterocycles. The van der Waals surface area contributed by atoms with E-state index in [1.54, 1.807) is 24.0 Å². The first-order chi connectivity index (χ1) is 56.2. The Morgan fingerprint density at radius 2 is 0.836 bits per heavy atom. The molecule has 10 aromatic carbocycles. The molecule has 5 aliphatic rings. The van der Waals surface area contributed by atoms with Crippen LogP contribution in [0.4, 0.5) is 14.0 Å². The third kappa shape index (κ3) is 17.2. The van der Waals surface area contributed by atoms with E-state index in [2.05, 4.69) is 155 Å². The summed E-state index contributed by atoms with van der Waals surface area (Å²) in [5.41, 5.74) is 23.0. The molecule has 20 rings (SSSR count). The third-order valence-corrected chi connectivity index (χ3v) is 25.1. The Labute approximate surface area is 726 Å². The second-order valence-electron chi connectivity index (χ2n) is 29.7. The number of rotatable bonds is 7. The van der Waals surface area contributed by atoms with Gasteiger partial charge in [0.05, 0.1) is 30.8 Å². The summed E-state index contributed by atoms with van der Waals surface area (Å²) in [7, 11) is 0. The normalized spacial score (nSPS) is 17.3. The van der Waals surface area contributed by atoms with E-state index in [4.69, 9.17) is 74.3 Å². The van der Waals surface area contributed by atoms with Gasteiger partial charge in [0.15, 0.2) is 0 Å².